The largest absolute Gasteiger partial charge is 0.397 e. The molecule has 0 atom stereocenters. The molecule has 2 rings (SSSR count). The maximum Gasteiger partial charge on any atom is 0.260 e. The van der Waals surface area contributed by atoms with Crippen LogP contribution in [0.25, 0.3) is 9.75 Å². The van der Waals surface area contributed by atoms with Crippen LogP contribution in [0.2, 0.25) is 0 Å². The van der Waals surface area contributed by atoms with Gasteiger partial charge in [0.05, 0.1) is 10.6 Å². The summed E-state index contributed by atoms with van der Waals surface area (Å²) < 4.78 is 0. The van der Waals surface area contributed by atoms with E-state index in [2.05, 4.69) is 0 Å². The first kappa shape index (κ1) is 12.6. The van der Waals surface area contributed by atoms with E-state index in [0.29, 0.717) is 15.4 Å². The van der Waals surface area contributed by atoms with Gasteiger partial charge in [-0.3, -0.25) is 9.59 Å². The first-order chi connectivity index (χ1) is 8.40. The van der Waals surface area contributed by atoms with Crippen LogP contribution in [-0.2, 0) is 0 Å². The summed E-state index contributed by atoms with van der Waals surface area (Å²) >= 11 is 2.50. The second kappa shape index (κ2) is 4.43. The van der Waals surface area contributed by atoms with Gasteiger partial charge < -0.3 is 17.2 Å². The fraction of sp³-hybridized carbons (Fsp3) is 0.0909. The molecule has 0 aliphatic heterocycles. The lowest BCUT2D eigenvalue weighted by atomic mass is 10.2. The van der Waals surface area contributed by atoms with E-state index in [1.54, 1.807) is 12.1 Å². The fourth-order valence-electron chi connectivity index (χ4n) is 1.56. The number of hydrogen-bond donors (Lipinski definition) is 3. The van der Waals surface area contributed by atoms with Gasteiger partial charge in [-0.1, -0.05) is 0 Å². The standard InChI is InChI=1S/C11H11N3O2S2/c1-4-2-7(10(13)15)18-8(4)6-3-5(12)9(17-6)11(14)16/h2-3H,12H2,1H3,(H2,13,15)(H2,14,16). The topological polar surface area (TPSA) is 112 Å². The van der Waals surface area contributed by atoms with Crippen molar-refractivity contribution >= 4 is 40.2 Å². The number of primary amides is 2. The highest BCUT2D eigenvalue weighted by atomic mass is 32.1. The van der Waals surface area contributed by atoms with Crippen LogP contribution in [0.1, 0.15) is 24.9 Å². The molecule has 0 saturated heterocycles. The number of aryl methyl sites for hydroxylation is 1. The van der Waals surface area contributed by atoms with E-state index in [4.69, 9.17) is 17.2 Å². The summed E-state index contributed by atoms with van der Waals surface area (Å²) in [5.41, 5.74) is 17.5. The van der Waals surface area contributed by atoms with E-state index in [1.807, 2.05) is 6.92 Å². The highest BCUT2D eigenvalue weighted by molar-refractivity contribution is 7.24. The number of carbonyl (C=O) groups excluding carboxylic acids is 2. The van der Waals surface area contributed by atoms with Gasteiger partial charge in [-0.05, 0) is 24.6 Å². The third-order valence-corrected chi connectivity index (χ3v) is 4.97. The molecule has 0 bridgehead atoms. The molecule has 2 amide bonds. The van der Waals surface area contributed by atoms with Gasteiger partial charge in [-0.25, -0.2) is 0 Å². The number of hydrogen-bond acceptors (Lipinski definition) is 5. The minimum Gasteiger partial charge on any atom is -0.397 e. The van der Waals surface area contributed by atoms with Crippen molar-refractivity contribution in [2.75, 3.05) is 5.73 Å². The van der Waals surface area contributed by atoms with Crippen molar-refractivity contribution in [1.82, 2.24) is 0 Å². The molecule has 0 spiro atoms. The van der Waals surface area contributed by atoms with Gasteiger partial charge in [-0.15, -0.1) is 22.7 Å². The Balaban J connectivity index is 2.52. The van der Waals surface area contributed by atoms with Crippen molar-refractivity contribution in [1.29, 1.82) is 0 Å². The number of rotatable bonds is 3. The molecule has 0 saturated carbocycles. The quantitative estimate of drug-likeness (QED) is 0.793. The zero-order valence-corrected chi connectivity index (χ0v) is 11.2. The molecule has 0 aromatic carbocycles. The molecule has 2 aromatic rings. The number of thiophene rings is 2. The van der Waals surface area contributed by atoms with Crippen molar-refractivity contribution in [3.63, 3.8) is 0 Å². The lowest BCUT2D eigenvalue weighted by Crippen LogP contribution is -2.10. The molecule has 0 unspecified atom stereocenters. The first-order valence-electron chi connectivity index (χ1n) is 5.00. The SMILES string of the molecule is Cc1cc(C(N)=O)sc1-c1cc(N)c(C(N)=O)s1. The van der Waals surface area contributed by atoms with E-state index in [0.717, 1.165) is 15.3 Å². The minimum absolute atomic E-state index is 0.332. The molecular weight excluding hydrogens is 270 g/mol. The van der Waals surface area contributed by atoms with E-state index in [-0.39, 0.29) is 0 Å². The van der Waals surface area contributed by atoms with Crippen LogP contribution in [0.5, 0.6) is 0 Å². The number of amides is 2. The second-order valence-electron chi connectivity index (χ2n) is 3.75. The van der Waals surface area contributed by atoms with Crippen LogP contribution in [0, 0.1) is 6.92 Å². The van der Waals surface area contributed by atoms with Crippen LogP contribution in [0.3, 0.4) is 0 Å². The molecule has 18 heavy (non-hydrogen) atoms. The molecule has 2 aromatic heterocycles. The third kappa shape index (κ3) is 2.09. The van der Waals surface area contributed by atoms with Gasteiger partial charge in [0.15, 0.2) is 0 Å². The van der Waals surface area contributed by atoms with Crippen LogP contribution in [-0.4, -0.2) is 11.8 Å². The van der Waals surface area contributed by atoms with Gasteiger partial charge in [0.2, 0.25) is 0 Å². The second-order valence-corrected chi connectivity index (χ2v) is 5.85. The molecule has 0 aliphatic carbocycles. The van der Waals surface area contributed by atoms with Gasteiger partial charge in [0.25, 0.3) is 11.8 Å². The van der Waals surface area contributed by atoms with Crippen LogP contribution >= 0.6 is 22.7 Å². The number of anilines is 1. The lowest BCUT2D eigenvalue weighted by molar-refractivity contribution is 0.0996. The average Bonchev–Trinajstić information content (AvgIpc) is 2.81. The molecule has 7 heteroatoms. The molecule has 94 valence electrons. The Morgan fingerprint density at radius 1 is 1.11 bits per heavy atom. The summed E-state index contributed by atoms with van der Waals surface area (Å²) in [6.07, 6.45) is 0. The Bertz CT molecular complexity index is 643. The Morgan fingerprint density at radius 2 is 1.78 bits per heavy atom. The molecule has 2 heterocycles. The Morgan fingerprint density at radius 3 is 2.22 bits per heavy atom. The molecule has 5 nitrogen and oxygen atoms in total. The molecule has 0 aliphatic rings. The van der Waals surface area contributed by atoms with Crippen molar-refractivity contribution in [2.45, 2.75) is 6.92 Å². The highest BCUT2D eigenvalue weighted by Gasteiger charge is 2.17. The smallest absolute Gasteiger partial charge is 0.260 e. The molecule has 0 fully saturated rings. The summed E-state index contributed by atoms with van der Waals surface area (Å²) in [6.45, 7) is 1.87. The van der Waals surface area contributed by atoms with Crippen molar-refractivity contribution < 1.29 is 9.59 Å². The maximum absolute atomic E-state index is 11.1. The summed E-state index contributed by atoms with van der Waals surface area (Å²) in [5, 5.41) is 0. The number of carbonyl (C=O) groups is 2. The summed E-state index contributed by atoms with van der Waals surface area (Å²) in [6, 6.07) is 3.41. The van der Waals surface area contributed by atoms with Crippen molar-refractivity contribution in [2.24, 2.45) is 11.5 Å². The van der Waals surface area contributed by atoms with E-state index in [9.17, 15) is 9.59 Å². The van der Waals surface area contributed by atoms with Gasteiger partial charge >= 0.3 is 0 Å². The summed E-state index contributed by atoms with van der Waals surface area (Å²) in [4.78, 5) is 24.8. The van der Waals surface area contributed by atoms with Crippen molar-refractivity contribution in [3.8, 4) is 9.75 Å². The Hall–Kier alpha value is -1.86. The lowest BCUT2D eigenvalue weighted by Gasteiger charge is -1.92. The predicted molar refractivity (Wildman–Crippen MR) is 73.8 cm³/mol. The number of nitrogen functional groups attached to an aromatic ring is 1. The van der Waals surface area contributed by atoms with Gasteiger partial charge in [0.1, 0.15) is 4.88 Å². The van der Waals surface area contributed by atoms with E-state index in [1.165, 1.54) is 22.7 Å². The maximum atomic E-state index is 11.1. The molecule has 0 radical (unpaired) electrons. The summed E-state index contributed by atoms with van der Waals surface area (Å²) in [7, 11) is 0. The predicted octanol–water partition coefficient (Wildman–Crippen LogP) is 1.57. The first-order valence-corrected chi connectivity index (χ1v) is 6.63. The summed E-state index contributed by atoms with van der Waals surface area (Å²) in [5.74, 6) is -1.01. The van der Waals surface area contributed by atoms with Gasteiger partial charge in [0, 0.05) is 9.75 Å². The zero-order valence-electron chi connectivity index (χ0n) is 9.52. The zero-order chi connectivity index (χ0) is 13.4. The fourth-order valence-corrected chi connectivity index (χ4v) is 3.68. The minimum atomic E-state index is -0.548. The van der Waals surface area contributed by atoms with Crippen LogP contribution in [0.15, 0.2) is 12.1 Å². The van der Waals surface area contributed by atoms with Crippen LogP contribution < -0.4 is 17.2 Å². The average molecular weight is 281 g/mol. The number of nitrogens with two attached hydrogens (primary N) is 3. The van der Waals surface area contributed by atoms with Crippen molar-refractivity contribution in [3.05, 3.63) is 27.5 Å². The van der Waals surface area contributed by atoms with E-state index >= 15 is 0 Å². The molecular formula is C11H11N3O2S2. The Kier molecular flexibility index (Phi) is 3.10. The highest BCUT2D eigenvalue weighted by Crippen LogP contribution is 2.39. The van der Waals surface area contributed by atoms with E-state index < -0.39 is 11.8 Å². The van der Waals surface area contributed by atoms with Crippen LogP contribution in [0.4, 0.5) is 5.69 Å². The third-order valence-electron chi connectivity index (χ3n) is 2.37. The normalized spacial score (nSPS) is 10.5. The molecule has 6 N–H and O–H groups in total. The Labute approximate surface area is 111 Å². The van der Waals surface area contributed by atoms with Gasteiger partial charge in [-0.2, -0.15) is 0 Å². The monoisotopic (exact) mass is 281 g/mol.